The van der Waals surface area contributed by atoms with E-state index >= 15 is 0 Å². The fourth-order valence-corrected chi connectivity index (χ4v) is 2.97. The Morgan fingerprint density at radius 1 is 0.967 bits per heavy atom. The molecule has 1 heterocycles. The molecule has 0 aliphatic heterocycles. The van der Waals surface area contributed by atoms with Gasteiger partial charge >= 0.3 is 5.56 Å². The summed E-state index contributed by atoms with van der Waals surface area (Å²) in [5, 5.41) is 4.08. The van der Waals surface area contributed by atoms with Crippen LogP contribution in [0.5, 0.6) is 11.5 Å². The summed E-state index contributed by atoms with van der Waals surface area (Å²) in [6.07, 6.45) is 1.35. The highest BCUT2D eigenvalue weighted by molar-refractivity contribution is 5.65. The van der Waals surface area contributed by atoms with Crippen molar-refractivity contribution in [3.8, 4) is 28.3 Å². The number of benzene rings is 3. The van der Waals surface area contributed by atoms with E-state index < -0.39 is 17.2 Å². The van der Waals surface area contributed by atoms with E-state index in [4.69, 9.17) is 10.5 Å². The summed E-state index contributed by atoms with van der Waals surface area (Å²) in [7, 11) is 0. The average molecular weight is 405 g/mol. The topological polar surface area (TPSA) is 70.1 Å². The number of rotatable bonds is 4. The third-order valence-electron chi connectivity index (χ3n) is 4.56. The lowest BCUT2D eigenvalue weighted by atomic mass is 10.1. The van der Waals surface area contributed by atoms with Crippen LogP contribution in [0.25, 0.3) is 16.8 Å². The Balaban J connectivity index is 1.65. The molecule has 0 radical (unpaired) electrons. The molecule has 150 valence electrons. The smallest absolute Gasteiger partial charge is 0.316 e. The van der Waals surface area contributed by atoms with Crippen molar-refractivity contribution >= 4 is 5.69 Å². The first kappa shape index (κ1) is 19.3. The van der Waals surface area contributed by atoms with Crippen LogP contribution in [0.1, 0.15) is 5.56 Å². The van der Waals surface area contributed by atoms with Crippen LogP contribution in [0.3, 0.4) is 0 Å². The highest BCUT2D eigenvalue weighted by Crippen LogP contribution is 2.28. The second-order valence-electron chi connectivity index (χ2n) is 6.73. The summed E-state index contributed by atoms with van der Waals surface area (Å²) in [5.74, 6) is -1.03. The second-order valence-corrected chi connectivity index (χ2v) is 6.73. The number of aryl methyl sites for hydroxylation is 1. The van der Waals surface area contributed by atoms with Gasteiger partial charge in [-0.3, -0.25) is 4.79 Å². The molecule has 0 fully saturated rings. The van der Waals surface area contributed by atoms with Gasteiger partial charge < -0.3 is 10.5 Å². The Hall–Kier alpha value is -4.00. The molecule has 1 aromatic heterocycles. The number of ether oxygens (including phenoxy) is 1. The van der Waals surface area contributed by atoms with E-state index in [1.807, 2.05) is 19.1 Å². The number of hydrogen-bond acceptors (Lipinski definition) is 4. The van der Waals surface area contributed by atoms with Crippen LogP contribution < -0.4 is 16.0 Å². The van der Waals surface area contributed by atoms with Crippen LogP contribution in [0.15, 0.2) is 77.7 Å². The molecule has 3 aromatic carbocycles. The average Bonchev–Trinajstić information content (AvgIpc) is 2.73. The van der Waals surface area contributed by atoms with Crippen LogP contribution in [0.2, 0.25) is 0 Å². The van der Waals surface area contributed by atoms with Crippen LogP contribution >= 0.6 is 0 Å². The van der Waals surface area contributed by atoms with E-state index in [1.165, 1.54) is 23.0 Å². The first-order valence-electron chi connectivity index (χ1n) is 9.10. The van der Waals surface area contributed by atoms with Crippen molar-refractivity contribution in [3.05, 3.63) is 100 Å². The zero-order valence-electron chi connectivity index (χ0n) is 16.0. The van der Waals surface area contributed by atoms with Gasteiger partial charge in [-0.25, -0.2) is 8.78 Å². The van der Waals surface area contributed by atoms with Gasteiger partial charge in [0.2, 0.25) is 5.75 Å². The minimum absolute atomic E-state index is 0.0636. The van der Waals surface area contributed by atoms with E-state index in [0.29, 0.717) is 17.0 Å². The molecule has 0 bridgehead atoms. The summed E-state index contributed by atoms with van der Waals surface area (Å²) < 4.78 is 34.0. The Labute approximate surface area is 171 Å². The largest absolute Gasteiger partial charge is 0.449 e. The van der Waals surface area contributed by atoms with Crippen LogP contribution in [-0.4, -0.2) is 9.78 Å². The highest BCUT2D eigenvalue weighted by Gasteiger charge is 2.14. The SMILES string of the molecule is Cc1ccc(-n2ncc(N)c(Oc3ccc(-c4ccc(F)cc4F)cc3)c2=O)cc1. The number of anilines is 1. The van der Waals surface area contributed by atoms with E-state index in [9.17, 15) is 13.6 Å². The number of nitrogens with zero attached hydrogens (tertiary/aromatic N) is 2. The third kappa shape index (κ3) is 3.77. The van der Waals surface area contributed by atoms with Gasteiger partial charge in [-0.05, 0) is 48.9 Å². The number of hydrogen-bond donors (Lipinski definition) is 1. The quantitative estimate of drug-likeness (QED) is 0.526. The van der Waals surface area contributed by atoms with Crippen molar-refractivity contribution < 1.29 is 13.5 Å². The number of aromatic nitrogens is 2. The molecule has 0 unspecified atom stereocenters. The zero-order chi connectivity index (χ0) is 21.3. The van der Waals surface area contributed by atoms with Gasteiger partial charge in [-0.2, -0.15) is 9.78 Å². The van der Waals surface area contributed by atoms with E-state index in [-0.39, 0.29) is 17.0 Å². The first-order chi connectivity index (χ1) is 14.4. The molecule has 4 aromatic rings. The fourth-order valence-electron chi connectivity index (χ4n) is 2.97. The van der Waals surface area contributed by atoms with Gasteiger partial charge in [0.25, 0.3) is 0 Å². The minimum Gasteiger partial charge on any atom is -0.449 e. The van der Waals surface area contributed by atoms with Gasteiger partial charge in [-0.1, -0.05) is 29.8 Å². The molecule has 0 aliphatic carbocycles. The van der Waals surface area contributed by atoms with Gasteiger partial charge in [0.1, 0.15) is 23.1 Å². The lowest BCUT2D eigenvalue weighted by molar-refractivity contribution is 0.470. The Kier molecular flexibility index (Phi) is 5.02. The van der Waals surface area contributed by atoms with Crippen molar-refractivity contribution in [2.75, 3.05) is 5.73 Å². The maximum absolute atomic E-state index is 14.0. The van der Waals surface area contributed by atoms with Crippen LogP contribution in [-0.2, 0) is 0 Å². The third-order valence-corrected chi connectivity index (χ3v) is 4.56. The predicted molar refractivity (Wildman–Crippen MR) is 111 cm³/mol. The summed E-state index contributed by atoms with van der Waals surface area (Å²) in [4.78, 5) is 12.9. The first-order valence-corrected chi connectivity index (χ1v) is 9.10. The van der Waals surface area contributed by atoms with E-state index in [2.05, 4.69) is 5.10 Å². The molecular formula is C23H17F2N3O2. The van der Waals surface area contributed by atoms with Crippen molar-refractivity contribution in [1.82, 2.24) is 9.78 Å². The summed E-state index contributed by atoms with van der Waals surface area (Å²) >= 11 is 0. The number of nitrogens with two attached hydrogens (primary N) is 1. The van der Waals surface area contributed by atoms with Gasteiger partial charge in [0.15, 0.2) is 0 Å². The Morgan fingerprint density at radius 2 is 1.67 bits per heavy atom. The Bertz CT molecular complexity index is 1270. The minimum atomic E-state index is -0.664. The number of halogens is 2. The van der Waals surface area contributed by atoms with E-state index in [1.54, 1.807) is 36.4 Å². The van der Waals surface area contributed by atoms with Crippen LogP contribution in [0, 0.1) is 18.6 Å². The van der Waals surface area contributed by atoms with Crippen molar-refractivity contribution in [3.63, 3.8) is 0 Å². The van der Waals surface area contributed by atoms with E-state index in [0.717, 1.165) is 11.6 Å². The summed E-state index contributed by atoms with van der Waals surface area (Å²) in [6.45, 7) is 1.94. The van der Waals surface area contributed by atoms with Gasteiger partial charge in [-0.15, -0.1) is 0 Å². The molecule has 0 saturated carbocycles. The number of nitrogen functional groups attached to an aromatic ring is 1. The molecule has 4 rings (SSSR count). The second kappa shape index (κ2) is 7.79. The van der Waals surface area contributed by atoms with Crippen LogP contribution in [0.4, 0.5) is 14.5 Å². The lowest BCUT2D eigenvalue weighted by Crippen LogP contribution is -2.23. The molecule has 0 aliphatic rings. The summed E-state index contributed by atoms with van der Waals surface area (Å²) in [5.41, 5.74) is 7.93. The maximum Gasteiger partial charge on any atom is 0.316 e. The van der Waals surface area contributed by atoms with Gasteiger partial charge in [0.05, 0.1) is 11.9 Å². The van der Waals surface area contributed by atoms with Crippen molar-refractivity contribution in [2.24, 2.45) is 0 Å². The standard InChI is InChI=1S/C23H17F2N3O2/c1-14-2-7-17(8-3-14)28-23(29)22(21(26)13-27-28)30-18-9-4-15(5-10-18)19-11-6-16(24)12-20(19)25/h2-13H,26H2,1H3. The van der Waals surface area contributed by atoms with Gasteiger partial charge in [0, 0.05) is 11.6 Å². The predicted octanol–water partition coefficient (Wildman–Crippen LogP) is 4.86. The van der Waals surface area contributed by atoms with Crippen molar-refractivity contribution in [2.45, 2.75) is 6.92 Å². The molecule has 0 amide bonds. The molecule has 2 N–H and O–H groups in total. The fraction of sp³-hybridized carbons (Fsp3) is 0.0435. The molecule has 0 saturated heterocycles. The Morgan fingerprint density at radius 3 is 2.33 bits per heavy atom. The molecule has 5 nitrogen and oxygen atoms in total. The molecule has 0 atom stereocenters. The maximum atomic E-state index is 14.0. The highest BCUT2D eigenvalue weighted by atomic mass is 19.1. The zero-order valence-corrected chi connectivity index (χ0v) is 16.0. The normalized spacial score (nSPS) is 10.8. The molecule has 30 heavy (non-hydrogen) atoms. The molecular weight excluding hydrogens is 388 g/mol. The summed E-state index contributed by atoms with van der Waals surface area (Å²) in [6, 6.07) is 17.0. The molecule has 7 heteroatoms. The monoisotopic (exact) mass is 405 g/mol. The molecule has 0 spiro atoms. The lowest BCUT2D eigenvalue weighted by Gasteiger charge is -2.11. The van der Waals surface area contributed by atoms with Crippen molar-refractivity contribution in [1.29, 1.82) is 0 Å².